The molecule has 0 aliphatic heterocycles. The Labute approximate surface area is 208 Å². The Morgan fingerprint density at radius 2 is 1.03 bits per heavy atom. The lowest BCUT2D eigenvalue weighted by Crippen LogP contribution is -2.22. The van der Waals surface area contributed by atoms with Gasteiger partial charge in [-0.15, -0.1) is 0 Å². The van der Waals surface area contributed by atoms with Gasteiger partial charge in [-0.25, -0.2) is 9.59 Å². The Hall–Kier alpha value is -4.54. The van der Waals surface area contributed by atoms with Crippen LogP contribution in [0.25, 0.3) is 0 Å². The van der Waals surface area contributed by atoms with Crippen molar-refractivity contribution in [1.82, 2.24) is 0 Å². The van der Waals surface area contributed by atoms with Gasteiger partial charge in [0, 0.05) is 25.3 Å². The van der Waals surface area contributed by atoms with Crippen LogP contribution in [0, 0.1) is 0 Å². The molecule has 10 nitrogen and oxygen atoms in total. The molecule has 36 heavy (non-hydrogen) atoms. The molecule has 3 aromatic carbocycles. The van der Waals surface area contributed by atoms with E-state index >= 15 is 0 Å². The number of methoxy groups -OCH3 is 2. The molecule has 0 aliphatic rings. The Bertz CT molecular complexity index is 1160. The van der Waals surface area contributed by atoms with Crippen molar-refractivity contribution in [3.05, 3.63) is 106 Å². The van der Waals surface area contributed by atoms with Crippen LogP contribution in [0.15, 0.2) is 83.1 Å². The average Bonchev–Trinajstić information content (AvgIpc) is 2.91. The van der Waals surface area contributed by atoms with Crippen molar-refractivity contribution in [2.24, 2.45) is 21.8 Å². The van der Waals surface area contributed by atoms with E-state index < -0.39 is 11.9 Å². The molecule has 0 aromatic heterocycles. The zero-order valence-electron chi connectivity index (χ0n) is 19.8. The van der Waals surface area contributed by atoms with E-state index in [0.29, 0.717) is 33.4 Å². The summed E-state index contributed by atoms with van der Waals surface area (Å²) < 4.78 is 10.6. The lowest BCUT2D eigenvalue weighted by atomic mass is 9.97. The number of benzene rings is 3. The van der Waals surface area contributed by atoms with Crippen molar-refractivity contribution in [2.75, 3.05) is 14.2 Å². The summed E-state index contributed by atoms with van der Waals surface area (Å²) in [6.45, 7) is 0.269. The number of oxime groups is 2. The van der Waals surface area contributed by atoms with Crippen LogP contribution in [0.5, 0.6) is 0 Å². The molecule has 0 aliphatic carbocycles. The van der Waals surface area contributed by atoms with Crippen molar-refractivity contribution in [1.29, 1.82) is 0 Å². The monoisotopic (exact) mass is 490 g/mol. The summed E-state index contributed by atoms with van der Waals surface area (Å²) in [5.41, 5.74) is 15.0. The van der Waals surface area contributed by atoms with E-state index in [0.717, 1.165) is 0 Å². The molecule has 0 spiro atoms. The first-order valence-electron chi connectivity index (χ1n) is 10.8. The maximum absolute atomic E-state index is 12.2. The summed E-state index contributed by atoms with van der Waals surface area (Å²) in [6.07, 6.45) is 0. The van der Waals surface area contributed by atoms with Crippen LogP contribution >= 0.6 is 0 Å². The third-order valence-electron chi connectivity index (χ3n) is 4.95. The summed E-state index contributed by atoms with van der Waals surface area (Å²) in [6, 6.07) is 20.1. The van der Waals surface area contributed by atoms with Gasteiger partial charge < -0.3 is 30.6 Å². The first-order chi connectivity index (χ1) is 17.4. The second kappa shape index (κ2) is 12.8. The predicted octanol–water partition coefficient (Wildman–Crippen LogP) is 2.93. The fourth-order valence-corrected chi connectivity index (χ4v) is 3.25. The van der Waals surface area contributed by atoms with Gasteiger partial charge >= 0.3 is 11.9 Å². The highest BCUT2D eigenvalue weighted by Gasteiger charge is 2.17. The van der Waals surface area contributed by atoms with Gasteiger partial charge in [-0.2, -0.15) is 0 Å². The highest BCUT2D eigenvalue weighted by atomic mass is 16.7. The molecule has 4 N–H and O–H groups in total. The standard InChI is InChI=1S/C26H26N4O6/c1-33-15-19-13-22(24(28)30-36-26(32)18-11-7-4-8-12-18)20(16-34-2)14-21(19)23(27)29-35-25(31)17-9-5-3-6-10-17/h3-14H,15-16H2,1-2H3,(H2,27,29)(H2,28,30). The average molecular weight is 491 g/mol. The van der Waals surface area contributed by atoms with Gasteiger partial charge in [0.1, 0.15) is 0 Å². The van der Waals surface area contributed by atoms with Crippen LogP contribution in [0.4, 0.5) is 0 Å². The topological polar surface area (TPSA) is 148 Å². The Morgan fingerprint density at radius 3 is 1.36 bits per heavy atom. The number of nitrogens with zero attached hydrogens (tertiary/aromatic N) is 2. The smallest absolute Gasteiger partial charge is 0.365 e. The molecular weight excluding hydrogens is 464 g/mol. The predicted molar refractivity (Wildman–Crippen MR) is 133 cm³/mol. The Kier molecular flexibility index (Phi) is 9.26. The first-order valence-corrected chi connectivity index (χ1v) is 10.8. The fraction of sp³-hybridized carbons (Fsp3) is 0.154. The van der Waals surface area contributed by atoms with Crippen LogP contribution in [0.1, 0.15) is 43.0 Å². The van der Waals surface area contributed by atoms with Crippen molar-refractivity contribution in [3.8, 4) is 0 Å². The second-order valence-corrected chi connectivity index (χ2v) is 7.48. The van der Waals surface area contributed by atoms with Gasteiger partial charge in [0.25, 0.3) is 0 Å². The van der Waals surface area contributed by atoms with Gasteiger partial charge in [-0.05, 0) is 47.5 Å². The quantitative estimate of drug-likeness (QED) is 0.191. The first kappa shape index (κ1) is 26.1. The summed E-state index contributed by atoms with van der Waals surface area (Å²) in [4.78, 5) is 34.5. The van der Waals surface area contributed by atoms with Gasteiger partial charge in [-0.3, -0.25) is 0 Å². The van der Waals surface area contributed by atoms with Crippen LogP contribution in [0.3, 0.4) is 0 Å². The molecule has 0 fully saturated rings. The van der Waals surface area contributed by atoms with Gasteiger partial charge in [0.2, 0.25) is 0 Å². The van der Waals surface area contributed by atoms with E-state index in [9.17, 15) is 9.59 Å². The molecule has 3 aromatic rings. The molecular formula is C26H26N4O6. The summed E-state index contributed by atoms with van der Waals surface area (Å²) >= 11 is 0. The molecule has 0 amide bonds. The molecule has 0 unspecified atom stereocenters. The molecule has 0 atom stereocenters. The number of hydrogen-bond acceptors (Lipinski definition) is 8. The minimum Gasteiger partial charge on any atom is -0.380 e. The molecule has 10 heteroatoms. The van der Waals surface area contributed by atoms with E-state index in [-0.39, 0.29) is 24.9 Å². The Morgan fingerprint density at radius 1 is 0.667 bits per heavy atom. The van der Waals surface area contributed by atoms with Crippen molar-refractivity contribution < 1.29 is 28.7 Å². The maximum Gasteiger partial charge on any atom is 0.365 e. The van der Waals surface area contributed by atoms with Crippen LogP contribution < -0.4 is 11.5 Å². The number of rotatable bonds is 10. The van der Waals surface area contributed by atoms with E-state index in [2.05, 4.69) is 10.3 Å². The third kappa shape index (κ3) is 6.75. The largest absolute Gasteiger partial charge is 0.380 e. The summed E-state index contributed by atoms with van der Waals surface area (Å²) in [5, 5.41) is 7.60. The van der Waals surface area contributed by atoms with Gasteiger partial charge in [-0.1, -0.05) is 46.7 Å². The highest BCUT2D eigenvalue weighted by molar-refractivity contribution is 6.03. The van der Waals surface area contributed by atoms with Gasteiger partial charge in [0.15, 0.2) is 11.7 Å². The maximum atomic E-state index is 12.2. The Balaban J connectivity index is 1.90. The van der Waals surface area contributed by atoms with Crippen LogP contribution in [-0.4, -0.2) is 37.8 Å². The lowest BCUT2D eigenvalue weighted by molar-refractivity contribution is 0.0507. The molecule has 0 heterocycles. The number of ether oxygens (including phenoxy) is 2. The summed E-state index contributed by atoms with van der Waals surface area (Å²) in [7, 11) is 3.02. The zero-order valence-corrected chi connectivity index (χ0v) is 19.8. The number of amidine groups is 2. The molecule has 0 bridgehead atoms. The van der Waals surface area contributed by atoms with E-state index in [1.165, 1.54) is 14.2 Å². The minimum absolute atomic E-state index is 0.0544. The molecule has 3 rings (SSSR count). The van der Waals surface area contributed by atoms with Gasteiger partial charge in [0.05, 0.1) is 24.3 Å². The molecule has 186 valence electrons. The third-order valence-corrected chi connectivity index (χ3v) is 4.95. The lowest BCUT2D eigenvalue weighted by Gasteiger charge is -2.15. The fourth-order valence-electron chi connectivity index (χ4n) is 3.25. The molecule has 0 saturated heterocycles. The SMILES string of the molecule is COCc1cc(C(N)=NOC(=O)c2ccccc2)c(COC)cc1C(N)=NOC(=O)c1ccccc1. The number of nitrogens with two attached hydrogens (primary N) is 2. The van der Waals surface area contributed by atoms with E-state index in [4.69, 9.17) is 30.6 Å². The highest BCUT2D eigenvalue weighted by Crippen LogP contribution is 2.20. The minimum atomic E-state index is -0.655. The summed E-state index contributed by atoms with van der Waals surface area (Å²) in [5.74, 6) is -1.42. The number of carbonyl (C=O) groups excluding carboxylic acids is 2. The van der Waals surface area contributed by atoms with E-state index in [1.807, 2.05) is 0 Å². The van der Waals surface area contributed by atoms with E-state index in [1.54, 1.807) is 72.8 Å². The van der Waals surface area contributed by atoms with Crippen LogP contribution in [0.2, 0.25) is 0 Å². The molecule has 0 radical (unpaired) electrons. The molecule has 0 saturated carbocycles. The number of hydrogen-bond donors (Lipinski definition) is 2. The van der Waals surface area contributed by atoms with Crippen molar-refractivity contribution >= 4 is 23.6 Å². The zero-order chi connectivity index (χ0) is 25.9. The van der Waals surface area contributed by atoms with Crippen molar-refractivity contribution in [2.45, 2.75) is 13.2 Å². The van der Waals surface area contributed by atoms with Crippen LogP contribution in [-0.2, 0) is 32.4 Å². The number of carbonyl (C=O) groups is 2. The van der Waals surface area contributed by atoms with Crippen molar-refractivity contribution in [3.63, 3.8) is 0 Å². The second-order valence-electron chi connectivity index (χ2n) is 7.48. The normalized spacial score (nSPS) is 11.7.